The van der Waals surface area contributed by atoms with Crippen LogP contribution in [0.4, 0.5) is 0 Å². The summed E-state index contributed by atoms with van der Waals surface area (Å²) < 4.78 is 0. The standard InChI is InChI=1S/C22H42P2/c1-15-11-12-16(2)23(15)19(21(5,6)7)20(22(8,9)10)24-17(3)13-14-18(24)4/h15-18H,11-14H2,1-10H3/b20-19-/t15-,16-,17-,18-/m1/s1. The second-order valence-corrected chi connectivity index (χ2v) is 16.6. The highest BCUT2D eigenvalue weighted by molar-refractivity contribution is 7.68. The summed E-state index contributed by atoms with van der Waals surface area (Å²) in [5, 5.41) is 3.88. The molecule has 0 aromatic rings. The SMILES string of the molecule is C[C@@H]1CC[C@@H](C)P1/C(=C(\P1[C@H](C)CC[C@H]1C)C(C)(C)C)C(C)(C)C. The minimum atomic E-state index is 0.0189. The first-order valence-electron chi connectivity index (χ1n) is 10.2. The van der Waals surface area contributed by atoms with Crippen LogP contribution in [0.3, 0.4) is 0 Å². The molecule has 2 rings (SSSR count). The van der Waals surface area contributed by atoms with Gasteiger partial charge in [0.05, 0.1) is 0 Å². The van der Waals surface area contributed by atoms with Crippen molar-refractivity contribution in [1.82, 2.24) is 0 Å². The first-order chi connectivity index (χ1) is 10.9. The third kappa shape index (κ3) is 4.12. The molecule has 2 saturated heterocycles. The van der Waals surface area contributed by atoms with Crippen LogP contribution in [-0.4, -0.2) is 22.6 Å². The average Bonchev–Trinajstić information content (AvgIpc) is 2.89. The molecule has 2 heteroatoms. The van der Waals surface area contributed by atoms with E-state index in [1.165, 1.54) is 25.7 Å². The van der Waals surface area contributed by atoms with Gasteiger partial charge in [-0.05, 0) is 69.8 Å². The van der Waals surface area contributed by atoms with E-state index in [-0.39, 0.29) is 15.8 Å². The summed E-state index contributed by atoms with van der Waals surface area (Å²) in [4.78, 5) is 0. The van der Waals surface area contributed by atoms with Crippen LogP contribution in [0.25, 0.3) is 0 Å². The predicted octanol–water partition coefficient (Wildman–Crippen LogP) is 8.40. The summed E-state index contributed by atoms with van der Waals surface area (Å²) in [6.45, 7) is 25.3. The first kappa shape index (κ1) is 20.9. The van der Waals surface area contributed by atoms with Crippen molar-refractivity contribution in [2.45, 2.75) is 118 Å². The van der Waals surface area contributed by atoms with Crippen LogP contribution >= 0.6 is 15.8 Å². The molecule has 0 aromatic carbocycles. The second kappa shape index (κ2) is 7.31. The molecule has 24 heavy (non-hydrogen) atoms. The molecule has 2 aliphatic heterocycles. The third-order valence-corrected chi connectivity index (χ3v) is 13.9. The lowest BCUT2D eigenvalue weighted by Crippen LogP contribution is -2.23. The molecule has 2 heterocycles. The average molecular weight is 369 g/mol. The summed E-state index contributed by atoms with van der Waals surface area (Å²) >= 11 is 0. The van der Waals surface area contributed by atoms with Crippen LogP contribution in [0.15, 0.2) is 10.6 Å². The van der Waals surface area contributed by atoms with Crippen molar-refractivity contribution in [3.8, 4) is 0 Å². The maximum absolute atomic E-state index is 2.55. The quantitative estimate of drug-likeness (QED) is 0.429. The van der Waals surface area contributed by atoms with Crippen molar-refractivity contribution >= 4 is 15.8 Å². The Balaban J connectivity index is 2.70. The molecular formula is C22H42P2. The van der Waals surface area contributed by atoms with E-state index >= 15 is 0 Å². The molecule has 0 N–H and O–H groups in total. The van der Waals surface area contributed by atoms with Crippen molar-refractivity contribution in [2.75, 3.05) is 0 Å². The molecule has 0 saturated carbocycles. The highest BCUT2D eigenvalue weighted by Gasteiger charge is 2.45. The van der Waals surface area contributed by atoms with Crippen LogP contribution in [0.5, 0.6) is 0 Å². The van der Waals surface area contributed by atoms with Gasteiger partial charge in [0.2, 0.25) is 0 Å². The van der Waals surface area contributed by atoms with Crippen molar-refractivity contribution in [1.29, 1.82) is 0 Å². The normalized spacial score (nSPS) is 34.8. The number of hydrogen-bond donors (Lipinski definition) is 0. The molecule has 0 nitrogen and oxygen atoms in total. The summed E-state index contributed by atoms with van der Waals surface area (Å²) in [7, 11) is 0.0379. The van der Waals surface area contributed by atoms with Crippen LogP contribution < -0.4 is 0 Å². The minimum absolute atomic E-state index is 0.0189. The van der Waals surface area contributed by atoms with E-state index in [1.807, 2.05) is 10.6 Å². The Labute approximate surface area is 155 Å². The highest BCUT2D eigenvalue weighted by atomic mass is 31.1. The van der Waals surface area contributed by atoms with E-state index in [1.54, 1.807) is 0 Å². The Morgan fingerprint density at radius 1 is 0.542 bits per heavy atom. The molecule has 140 valence electrons. The minimum Gasteiger partial charge on any atom is -0.0730 e. The van der Waals surface area contributed by atoms with Gasteiger partial charge in [-0.3, -0.25) is 0 Å². The molecule has 0 aliphatic carbocycles. The van der Waals surface area contributed by atoms with Gasteiger partial charge in [-0.25, -0.2) is 0 Å². The molecule has 2 aliphatic rings. The first-order valence-corrected chi connectivity index (χ1v) is 13.1. The zero-order chi connectivity index (χ0) is 18.4. The number of allylic oxidation sites excluding steroid dienone is 2. The molecule has 2 fully saturated rings. The van der Waals surface area contributed by atoms with Crippen LogP contribution in [0.1, 0.15) is 94.9 Å². The molecule has 0 unspecified atom stereocenters. The van der Waals surface area contributed by atoms with Crippen molar-refractivity contribution in [2.24, 2.45) is 10.8 Å². The molecular weight excluding hydrogens is 326 g/mol. The fourth-order valence-electron chi connectivity index (χ4n) is 5.00. The summed E-state index contributed by atoms with van der Waals surface area (Å²) in [6.07, 6.45) is 5.81. The van der Waals surface area contributed by atoms with Gasteiger partial charge in [0.1, 0.15) is 0 Å². The van der Waals surface area contributed by atoms with Gasteiger partial charge in [0.15, 0.2) is 0 Å². The van der Waals surface area contributed by atoms with E-state index < -0.39 is 0 Å². The summed E-state index contributed by atoms with van der Waals surface area (Å²) in [5.74, 6) is 0. The zero-order valence-electron chi connectivity index (χ0n) is 18.0. The lowest BCUT2D eigenvalue weighted by atomic mass is 9.88. The van der Waals surface area contributed by atoms with Crippen molar-refractivity contribution in [3.05, 3.63) is 10.6 Å². The van der Waals surface area contributed by atoms with Crippen molar-refractivity contribution in [3.63, 3.8) is 0 Å². The maximum atomic E-state index is 2.55. The van der Waals surface area contributed by atoms with E-state index in [4.69, 9.17) is 0 Å². The lowest BCUT2D eigenvalue weighted by Gasteiger charge is -2.44. The predicted molar refractivity (Wildman–Crippen MR) is 116 cm³/mol. The van der Waals surface area contributed by atoms with Crippen molar-refractivity contribution < 1.29 is 0 Å². The van der Waals surface area contributed by atoms with Gasteiger partial charge in [-0.15, -0.1) is 0 Å². The van der Waals surface area contributed by atoms with E-state index in [0.717, 1.165) is 22.6 Å². The van der Waals surface area contributed by atoms with Crippen LogP contribution in [-0.2, 0) is 0 Å². The number of rotatable bonds is 2. The Morgan fingerprint density at radius 2 is 0.750 bits per heavy atom. The van der Waals surface area contributed by atoms with E-state index in [0.29, 0.717) is 10.8 Å². The van der Waals surface area contributed by atoms with Gasteiger partial charge in [0.25, 0.3) is 0 Å². The summed E-state index contributed by atoms with van der Waals surface area (Å²) in [5.41, 5.74) is 4.33. The van der Waals surface area contributed by atoms with Gasteiger partial charge in [0, 0.05) is 0 Å². The molecule has 0 bridgehead atoms. The third-order valence-electron chi connectivity index (χ3n) is 6.07. The fourth-order valence-corrected chi connectivity index (χ4v) is 13.6. The van der Waals surface area contributed by atoms with Gasteiger partial charge < -0.3 is 0 Å². The molecule has 4 atom stereocenters. The highest BCUT2D eigenvalue weighted by Crippen LogP contribution is 2.74. The Morgan fingerprint density at radius 3 is 0.917 bits per heavy atom. The van der Waals surface area contributed by atoms with Gasteiger partial charge >= 0.3 is 0 Å². The monoisotopic (exact) mass is 368 g/mol. The van der Waals surface area contributed by atoms with Gasteiger partial charge in [-0.2, -0.15) is 0 Å². The number of hydrogen-bond acceptors (Lipinski definition) is 0. The molecule has 0 amide bonds. The van der Waals surface area contributed by atoms with Crippen LogP contribution in [0, 0.1) is 10.8 Å². The lowest BCUT2D eigenvalue weighted by molar-refractivity contribution is 0.481. The summed E-state index contributed by atoms with van der Waals surface area (Å²) in [6, 6.07) is 0. The maximum Gasteiger partial charge on any atom is -0.0124 e. The van der Waals surface area contributed by atoms with Gasteiger partial charge in [-0.1, -0.05) is 85.1 Å². The zero-order valence-corrected chi connectivity index (χ0v) is 19.8. The Hall–Kier alpha value is 0.600. The Bertz CT molecular complexity index is 413. The molecule has 0 radical (unpaired) electrons. The van der Waals surface area contributed by atoms with E-state index in [2.05, 4.69) is 69.2 Å². The molecule has 0 spiro atoms. The Kier molecular flexibility index (Phi) is 6.37. The second-order valence-electron chi connectivity index (χ2n) is 10.6. The molecule has 0 aromatic heterocycles. The largest absolute Gasteiger partial charge is 0.0730 e. The smallest absolute Gasteiger partial charge is 0.0124 e. The van der Waals surface area contributed by atoms with E-state index in [9.17, 15) is 0 Å². The van der Waals surface area contributed by atoms with Crippen LogP contribution in [0.2, 0.25) is 0 Å². The fraction of sp³-hybridized carbons (Fsp3) is 0.909. The topological polar surface area (TPSA) is 0 Å².